The van der Waals surface area contributed by atoms with Crippen molar-refractivity contribution in [2.24, 2.45) is 0 Å². The first kappa shape index (κ1) is 15.4. The van der Waals surface area contributed by atoms with E-state index >= 15 is 0 Å². The molecule has 0 spiro atoms. The molecule has 0 unspecified atom stereocenters. The highest BCUT2D eigenvalue weighted by molar-refractivity contribution is 9.10. The number of carbonyl (C=O) groups is 1. The van der Waals surface area contributed by atoms with Crippen molar-refractivity contribution < 1.29 is 13.6 Å². The Hall–Kier alpha value is -1.95. The van der Waals surface area contributed by atoms with E-state index in [0.717, 1.165) is 22.2 Å². The predicted octanol–water partition coefficient (Wildman–Crippen LogP) is 3.58. The van der Waals surface area contributed by atoms with Gasteiger partial charge >= 0.3 is 0 Å². The van der Waals surface area contributed by atoms with Gasteiger partial charge in [-0.25, -0.2) is 8.78 Å². The van der Waals surface area contributed by atoms with Gasteiger partial charge in [-0.2, -0.15) is 0 Å². The minimum absolute atomic E-state index is 0.236. The summed E-state index contributed by atoms with van der Waals surface area (Å²) in [4.78, 5) is 13.4. The number of amides is 1. The van der Waals surface area contributed by atoms with E-state index in [1.807, 2.05) is 24.3 Å². The molecule has 2 aromatic rings. The van der Waals surface area contributed by atoms with Gasteiger partial charge in [0.15, 0.2) is 5.82 Å². The highest BCUT2D eigenvalue weighted by Gasteiger charge is 2.22. The monoisotopic (exact) mass is 354 g/mol. The van der Waals surface area contributed by atoms with E-state index in [1.165, 1.54) is 11.9 Å². The molecule has 2 rings (SSSR count). The third kappa shape index (κ3) is 3.39. The Morgan fingerprint density at radius 3 is 2.43 bits per heavy atom. The Labute approximate surface area is 129 Å². The van der Waals surface area contributed by atoms with Crippen molar-refractivity contribution in [3.8, 4) is 0 Å². The molecule has 0 bridgehead atoms. The highest BCUT2D eigenvalue weighted by atomic mass is 79.9. The molecule has 0 radical (unpaired) electrons. The summed E-state index contributed by atoms with van der Waals surface area (Å²) in [7, 11) is 1.48. The van der Waals surface area contributed by atoms with Crippen molar-refractivity contribution in [2.75, 3.05) is 12.8 Å². The van der Waals surface area contributed by atoms with E-state index in [2.05, 4.69) is 15.9 Å². The molecule has 1 amide bonds. The second kappa shape index (κ2) is 6.22. The van der Waals surface area contributed by atoms with Crippen LogP contribution in [0.2, 0.25) is 0 Å². The molecule has 21 heavy (non-hydrogen) atoms. The molecule has 0 aromatic heterocycles. The van der Waals surface area contributed by atoms with Crippen molar-refractivity contribution in [3.63, 3.8) is 0 Å². The van der Waals surface area contributed by atoms with Gasteiger partial charge in [0.1, 0.15) is 11.4 Å². The summed E-state index contributed by atoms with van der Waals surface area (Å²) in [6.45, 7) is 0.236. The van der Waals surface area contributed by atoms with E-state index < -0.39 is 23.1 Å². The summed E-state index contributed by atoms with van der Waals surface area (Å²) in [5, 5.41) is 0. The average molecular weight is 355 g/mol. The number of anilines is 1. The zero-order valence-electron chi connectivity index (χ0n) is 11.2. The molecule has 110 valence electrons. The highest BCUT2D eigenvalue weighted by Crippen LogP contribution is 2.21. The minimum Gasteiger partial charge on any atom is -0.396 e. The van der Waals surface area contributed by atoms with E-state index in [9.17, 15) is 13.6 Å². The van der Waals surface area contributed by atoms with Gasteiger partial charge in [-0.1, -0.05) is 28.1 Å². The third-order valence-electron chi connectivity index (χ3n) is 3.01. The molecule has 3 nitrogen and oxygen atoms in total. The van der Waals surface area contributed by atoms with Crippen molar-refractivity contribution in [2.45, 2.75) is 6.54 Å². The van der Waals surface area contributed by atoms with Crippen LogP contribution in [-0.4, -0.2) is 17.9 Å². The van der Waals surface area contributed by atoms with Crippen LogP contribution in [-0.2, 0) is 6.54 Å². The summed E-state index contributed by atoms with van der Waals surface area (Å²) in [6.07, 6.45) is 0. The van der Waals surface area contributed by atoms with E-state index in [4.69, 9.17) is 5.73 Å². The van der Waals surface area contributed by atoms with Crippen LogP contribution in [0.5, 0.6) is 0 Å². The molecule has 0 fully saturated rings. The van der Waals surface area contributed by atoms with Gasteiger partial charge in [-0.05, 0) is 29.8 Å². The van der Waals surface area contributed by atoms with Gasteiger partial charge < -0.3 is 10.6 Å². The molecule has 0 saturated heterocycles. The number of nitrogens with two attached hydrogens (primary N) is 1. The Bertz CT molecular complexity index is 674. The maximum absolute atomic E-state index is 13.8. The molecule has 0 aliphatic heterocycles. The Morgan fingerprint density at radius 1 is 1.19 bits per heavy atom. The fourth-order valence-electron chi connectivity index (χ4n) is 1.89. The van der Waals surface area contributed by atoms with Gasteiger partial charge in [0, 0.05) is 18.1 Å². The van der Waals surface area contributed by atoms with Gasteiger partial charge in [0.2, 0.25) is 0 Å². The van der Waals surface area contributed by atoms with Crippen LogP contribution in [0.1, 0.15) is 15.9 Å². The third-order valence-corrected chi connectivity index (χ3v) is 3.54. The van der Waals surface area contributed by atoms with Gasteiger partial charge in [0.05, 0.1) is 5.69 Å². The summed E-state index contributed by atoms with van der Waals surface area (Å²) in [5.74, 6) is -2.70. The molecular formula is C15H13BrF2N2O. The fraction of sp³-hybridized carbons (Fsp3) is 0.133. The van der Waals surface area contributed by atoms with Gasteiger partial charge in [-0.15, -0.1) is 0 Å². The van der Waals surface area contributed by atoms with Crippen LogP contribution in [0.4, 0.5) is 14.5 Å². The van der Waals surface area contributed by atoms with Crippen LogP contribution >= 0.6 is 15.9 Å². The molecule has 0 atom stereocenters. The fourth-order valence-corrected chi connectivity index (χ4v) is 2.16. The zero-order valence-corrected chi connectivity index (χ0v) is 12.8. The standard InChI is InChI=1S/C15H13BrF2N2O/c1-20(8-9-2-4-10(16)5-3-9)15(21)13-11(17)6-7-12(19)14(13)18/h2-7H,8,19H2,1H3. The van der Waals surface area contributed by atoms with Crippen LogP contribution < -0.4 is 5.73 Å². The molecule has 0 heterocycles. The topological polar surface area (TPSA) is 46.3 Å². The number of benzene rings is 2. The van der Waals surface area contributed by atoms with Crippen molar-refractivity contribution in [1.29, 1.82) is 0 Å². The molecule has 6 heteroatoms. The number of nitrogen functional groups attached to an aromatic ring is 1. The largest absolute Gasteiger partial charge is 0.396 e. The lowest BCUT2D eigenvalue weighted by Crippen LogP contribution is -2.28. The maximum Gasteiger partial charge on any atom is 0.259 e. The lowest BCUT2D eigenvalue weighted by molar-refractivity contribution is 0.0775. The molecule has 2 N–H and O–H groups in total. The second-order valence-electron chi connectivity index (χ2n) is 4.61. The SMILES string of the molecule is CN(Cc1ccc(Br)cc1)C(=O)c1c(F)ccc(N)c1F. The molecule has 0 saturated carbocycles. The van der Waals surface area contributed by atoms with Gasteiger partial charge in [-0.3, -0.25) is 4.79 Å². The second-order valence-corrected chi connectivity index (χ2v) is 5.53. The number of halogens is 3. The predicted molar refractivity (Wildman–Crippen MR) is 80.7 cm³/mol. The molecular weight excluding hydrogens is 342 g/mol. The summed E-state index contributed by atoms with van der Waals surface area (Å²) in [5.41, 5.74) is 5.34. The Kier molecular flexibility index (Phi) is 4.57. The first-order valence-corrected chi connectivity index (χ1v) is 6.93. The van der Waals surface area contributed by atoms with Crippen molar-refractivity contribution in [3.05, 3.63) is 63.6 Å². The van der Waals surface area contributed by atoms with Gasteiger partial charge in [0.25, 0.3) is 5.91 Å². The minimum atomic E-state index is -1.03. The number of hydrogen-bond acceptors (Lipinski definition) is 2. The number of hydrogen-bond donors (Lipinski definition) is 1. The van der Waals surface area contributed by atoms with Crippen molar-refractivity contribution >= 4 is 27.5 Å². The molecule has 2 aromatic carbocycles. The molecule has 0 aliphatic rings. The lowest BCUT2D eigenvalue weighted by Gasteiger charge is -2.18. The maximum atomic E-state index is 13.8. The average Bonchev–Trinajstić information content (AvgIpc) is 2.45. The summed E-state index contributed by atoms with van der Waals surface area (Å²) in [6, 6.07) is 9.37. The van der Waals surface area contributed by atoms with Crippen LogP contribution in [0.3, 0.4) is 0 Å². The van der Waals surface area contributed by atoms with E-state index in [-0.39, 0.29) is 12.2 Å². The van der Waals surface area contributed by atoms with Crippen LogP contribution in [0, 0.1) is 11.6 Å². The number of rotatable bonds is 3. The zero-order chi connectivity index (χ0) is 15.6. The summed E-state index contributed by atoms with van der Waals surface area (Å²) < 4.78 is 28.4. The quantitative estimate of drug-likeness (QED) is 0.856. The van der Waals surface area contributed by atoms with Crippen LogP contribution in [0.25, 0.3) is 0 Å². The normalized spacial score (nSPS) is 10.5. The first-order valence-electron chi connectivity index (χ1n) is 6.13. The summed E-state index contributed by atoms with van der Waals surface area (Å²) >= 11 is 3.31. The Morgan fingerprint density at radius 2 is 1.81 bits per heavy atom. The first-order chi connectivity index (χ1) is 9.90. The lowest BCUT2D eigenvalue weighted by atomic mass is 10.1. The van der Waals surface area contributed by atoms with Crippen molar-refractivity contribution in [1.82, 2.24) is 4.90 Å². The van der Waals surface area contributed by atoms with Crippen LogP contribution in [0.15, 0.2) is 40.9 Å². The Balaban J connectivity index is 2.24. The van der Waals surface area contributed by atoms with E-state index in [0.29, 0.717) is 0 Å². The molecule has 0 aliphatic carbocycles. The smallest absolute Gasteiger partial charge is 0.259 e. The number of nitrogens with zero attached hydrogens (tertiary/aromatic N) is 1. The van der Waals surface area contributed by atoms with E-state index in [1.54, 1.807) is 0 Å². The number of carbonyl (C=O) groups excluding carboxylic acids is 1.